The Labute approximate surface area is 293 Å². The third-order valence-corrected chi connectivity index (χ3v) is 7.32. The minimum absolute atomic E-state index is 0.0841. The zero-order valence-electron chi connectivity index (χ0n) is 27.9. The molecule has 264 valence electrons. The number of hydrogen-bond donors (Lipinski definition) is 6. The normalized spacial score (nSPS) is 10.2. The van der Waals surface area contributed by atoms with Crippen LogP contribution in [0, 0.1) is 0 Å². The zero-order valence-corrected chi connectivity index (χ0v) is 27.9. The smallest absolute Gasteiger partial charge is 0.227 e. The fourth-order valence-corrected chi connectivity index (χ4v) is 4.52. The Hall–Kier alpha value is -6.50. The molecule has 0 saturated carbocycles. The summed E-state index contributed by atoms with van der Waals surface area (Å²) in [5.74, 6) is 1.11. The second kappa shape index (κ2) is 18.3. The Bertz CT molecular complexity index is 2090. The molecule has 0 unspecified atom stereocenters. The molecule has 6 aromatic rings. The van der Waals surface area contributed by atoms with E-state index in [-0.39, 0.29) is 30.4 Å². The van der Waals surface area contributed by atoms with Gasteiger partial charge in [-0.25, -0.2) is 0 Å². The number of aliphatic hydroxyl groups is 2. The SMILES string of the molecule is COc1ccc(-c2ccc(N)cc2)cc1.COc1ccc(-c2ccc(NCc3oc(CO)cc(=O)c3O)cc2)cc1.O=c1cc(CO)occ1O. The molecule has 4 aromatic carbocycles. The number of benzene rings is 4. The van der Waals surface area contributed by atoms with Crippen LogP contribution < -0.4 is 31.4 Å². The lowest BCUT2D eigenvalue weighted by Crippen LogP contribution is -2.08. The van der Waals surface area contributed by atoms with Crippen molar-refractivity contribution in [1.82, 2.24) is 0 Å². The number of ether oxygens (including phenoxy) is 2. The van der Waals surface area contributed by atoms with Crippen molar-refractivity contribution < 1.29 is 38.7 Å². The average molecular weight is 695 g/mol. The molecule has 0 saturated heterocycles. The molecule has 2 aromatic heterocycles. The van der Waals surface area contributed by atoms with E-state index in [9.17, 15) is 14.7 Å². The minimum Gasteiger partial charge on any atom is -0.502 e. The van der Waals surface area contributed by atoms with Gasteiger partial charge in [-0.05, 0) is 70.8 Å². The Balaban J connectivity index is 0.000000195. The summed E-state index contributed by atoms with van der Waals surface area (Å²) in [6, 6.07) is 33.4. The first kappa shape index (κ1) is 37.3. The largest absolute Gasteiger partial charge is 0.502 e. The number of nitrogen functional groups attached to an aromatic ring is 1. The minimum atomic E-state index is -0.577. The third-order valence-electron chi connectivity index (χ3n) is 7.32. The van der Waals surface area contributed by atoms with Gasteiger partial charge in [0.05, 0.1) is 20.8 Å². The van der Waals surface area contributed by atoms with Gasteiger partial charge in [-0.2, -0.15) is 0 Å². The fourth-order valence-electron chi connectivity index (χ4n) is 4.52. The van der Waals surface area contributed by atoms with Crippen LogP contribution in [0.1, 0.15) is 17.3 Å². The summed E-state index contributed by atoms with van der Waals surface area (Å²) in [4.78, 5) is 22.2. The number of aliphatic hydroxyl groups excluding tert-OH is 2. The Morgan fingerprint density at radius 2 is 1.10 bits per heavy atom. The molecule has 0 atom stereocenters. The molecule has 0 aliphatic carbocycles. The van der Waals surface area contributed by atoms with Crippen LogP contribution in [0.3, 0.4) is 0 Å². The summed E-state index contributed by atoms with van der Waals surface area (Å²) in [6.45, 7) is -0.620. The molecule has 0 spiro atoms. The van der Waals surface area contributed by atoms with Crippen molar-refractivity contribution in [3.63, 3.8) is 0 Å². The van der Waals surface area contributed by atoms with Crippen molar-refractivity contribution in [2.45, 2.75) is 19.8 Å². The number of methoxy groups -OCH3 is 2. The van der Waals surface area contributed by atoms with Gasteiger partial charge in [0, 0.05) is 23.5 Å². The van der Waals surface area contributed by atoms with Gasteiger partial charge in [-0.3, -0.25) is 9.59 Å². The van der Waals surface area contributed by atoms with Gasteiger partial charge in [0.2, 0.25) is 16.6 Å². The Morgan fingerprint density at radius 3 is 1.55 bits per heavy atom. The second-order valence-electron chi connectivity index (χ2n) is 10.8. The Kier molecular flexibility index (Phi) is 13.4. The van der Waals surface area contributed by atoms with Crippen molar-refractivity contribution in [3.05, 3.63) is 153 Å². The van der Waals surface area contributed by atoms with Crippen LogP contribution in [-0.2, 0) is 19.8 Å². The molecule has 51 heavy (non-hydrogen) atoms. The average Bonchev–Trinajstić information content (AvgIpc) is 3.17. The van der Waals surface area contributed by atoms with E-state index in [0.29, 0.717) is 0 Å². The van der Waals surface area contributed by atoms with Crippen LogP contribution >= 0.6 is 0 Å². The molecular formula is C39H38N2O10. The van der Waals surface area contributed by atoms with Crippen LogP contribution in [0.25, 0.3) is 22.3 Å². The van der Waals surface area contributed by atoms with E-state index >= 15 is 0 Å². The summed E-state index contributed by atoms with van der Waals surface area (Å²) in [5.41, 5.74) is 10.5. The highest BCUT2D eigenvalue weighted by Crippen LogP contribution is 2.25. The highest BCUT2D eigenvalue weighted by atomic mass is 16.5. The van der Waals surface area contributed by atoms with Crippen LogP contribution in [0.4, 0.5) is 11.4 Å². The highest BCUT2D eigenvalue weighted by molar-refractivity contribution is 5.67. The van der Waals surface area contributed by atoms with Crippen LogP contribution in [0.2, 0.25) is 0 Å². The molecule has 12 heteroatoms. The van der Waals surface area contributed by atoms with Gasteiger partial charge < -0.3 is 49.8 Å². The van der Waals surface area contributed by atoms with E-state index in [4.69, 9.17) is 34.9 Å². The summed E-state index contributed by atoms with van der Waals surface area (Å²) in [7, 11) is 3.30. The molecule has 0 bridgehead atoms. The van der Waals surface area contributed by atoms with Gasteiger partial charge in [0.1, 0.15) is 42.5 Å². The maximum absolute atomic E-state index is 11.6. The van der Waals surface area contributed by atoms with E-state index in [0.717, 1.165) is 63.5 Å². The molecule has 6 rings (SSSR count). The maximum atomic E-state index is 11.6. The summed E-state index contributed by atoms with van der Waals surface area (Å²) in [6.07, 6.45) is 0.897. The van der Waals surface area contributed by atoms with Crippen molar-refractivity contribution in [2.75, 3.05) is 25.3 Å². The highest BCUT2D eigenvalue weighted by Gasteiger charge is 2.11. The van der Waals surface area contributed by atoms with Gasteiger partial charge >= 0.3 is 0 Å². The third kappa shape index (κ3) is 10.7. The number of anilines is 2. The van der Waals surface area contributed by atoms with Gasteiger partial charge in [0.25, 0.3) is 0 Å². The molecule has 0 radical (unpaired) electrons. The summed E-state index contributed by atoms with van der Waals surface area (Å²) in [5, 5.41) is 39.1. The van der Waals surface area contributed by atoms with E-state index in [1.54, 1.807) is 14.2 Å². The van der Waals surface area contributed by atoms with Crippen molar-refractivity contribution in [3.8, 4) is 45.3 Å². The van der Waals surface area contributed by atoms with Crippen molar-refractivity contribution in [1.29, 1.82) is 0 Å². The van der Waals surface area contributed by atoms with Gasteiger partial charge in [-0.1, -0.05) is 48.5 Å². The monoisotopic (exact) mass is 694 g/mol. The van der Waals surface area contributed by atoms with Crippen LogP contribution in [0.15, 0.2) is 134 Å². The van der Waals surface area contributed by atoms with Crippen LogP contribution in [-0.4, -0.2) is 34.6 Å². The van der Waals surface area contributed by atoms with Crippen molar-refractivity contribution >= 4 is 11.4 Å². The lowest BCUT2D eigenvalue weighted by molar-refractivity contribution is 0.236. The molecule has 0 aliphatic heterocycles. The second-order valence-corrected chi connectivity index (χ2v) is 10.8. The first-order chi connectivity index (χ1) is 24.6. The molecule has 2 heterocycles. The number of aromatic hydroxyl groups is 2. The number of nitrogens with two attached hydrogens (primary N) is 1. The van der Waals surface area contributed by atoms with Gasteiger partial charge in [-0.15, -0.1) is 0 Å². The molecule has 7 N–H and O–H groups in total. The number of rotatable bonds is 9. The van der Waals surface area contributed by atoms with Crippen LogP contribution in [0.5, 0.6) is 23.0 Å². The lowest BCUT2D eigenvalue weighted by Gasteiger charge is -2.09. The van der Waals surface area contributed by atoms with E-state index < -0.39 is 29.0 Å². The molecule has 12 nitrogen and oxygen atoms in total. The predicted molar refractivity (Wildman–Crippen MR) is 194 cm³/mol. The summed E-state index contributed by atoms with van der Waals surface area (Å²) >= 11 is 0. The maximum Gasteiger partial charge on any atom is 0.227 e. The van der Waals surface area contributed by atoms with E-state index in [1.807, 2.05) is 97.1 Å². The lowest BCUT2D eigenvalue weighted by atomic mass is 10.1. The molecular weight excluding hydrogens is 656 g/mol. The summed E-state index contributed by atoms with van der Waals surface area (Å²) < 4.78 is 20.1. The van der Waals surface area contributed by atoms with E-state index in [2.05, 4.69) is 9.73 Å². The topological polar surface area (TPSA) is 198 Å². The Morgan fingerprint density at radius 1 is 0.647 bits per heavy atom. The zero-order chi connectivity index (χ0) is 36.8. The first-order valence-electron chi connectivity index (χ1n) is 15.5. The number of hydrogen-bond acceptors (Lipinski definition) is 12. The molecule has 0 aliphatic rings. The predicted octanol–water partition coefficient (Wildman–Crippen LogP) is 5.91. The van der Waals surface area contributed by atoms with Crippen molar-refractivity contribution in [2.24, 2.45) is 0 Å². The quantitative estimate of drug-likeness (QED) is 0.0981. The standard InChI is InChI=1S/C20H19NO5.C13H13NO.C6H6O4/c1-25-16-8-4-14(5-9-16)13-2-6-15(7-3-13)21-11-19-20(24)18(23)10-17(12-22)26-19;1-15-13-8-4-11(5-9-13)10-2-6-12(14)7-3-10;7-2-4-1-5(8)6(9)3-10-4/h2-10,21-22,24H,11-12H2,1H3;2-9H,14H2,1H3;1,3,7,9H,2H2. The molecule has 0 amide bonds. The fraction of sp³-hybridized carbons (Fsp3) is 0.128. The van der Waals surface area contributed by atoms with E-state index in [1.165, 1.54) is 0 Å². The number of nitrogens with one attached hydrogen (secondary N) is 1. The van der Waals surface area contributed by atoms with Gasteiger partial charge in [0.15, 0.2) is 11.5 Å². The molecule has 0 fully saturated rings. The first-order valence-corrected chi connectivity index (χ1v) is 15.5.